The Kier molecular flexibility index (Phi) is 6.17. The molecule has 0 aromatic carbocycles. The lowest BCUT2D eigenvalue weighted by Crippen LogP contribution is -2.21. The Bertz CT molecular complexity index is 356. The van der Waals surface area contributed by atoms with Crippen LogP contribution in [0.25, 0.3) is 6.08 Å². The van der Waals surface area contributed by atoms with Gasteiger partial charge in [0, 0.05) is 11.5 Å². The first kappa shape index (κ1) is 15.0. The Labute approximate surface area is 111 Å². The van der Waals surface area contributed by atoms with Gasteiger partial charge in [0.25, 0.3) is 0 Å². The molecule has 0 aliphatic heterocycles. The number of aromatic nitrogens is 1. The van der Waals surface area contributed by atoms with Gasteiger partial charge in [-0.3, -0.25) is 0 Å². The van der Waals surface area contributed by atoms with Crippen LogP contribution in [0.2, 0.25) is 0 Å². The van der Waals surface area contributed by atoms with Crippen LogP contribution in [-0.4, -0.2) is 5.16 Å². The third kappa shape index (κ3) is 4.01. The lowest BCUT2D eigenvalue weighted by Gasteiger charge is -2.26. The Hall–Kier alpha value is -1.05. The van der Waals surface area contributed by atoms with Crippen LogP contribution in [-0.2, 0) is 5.41 Å². The summed E-state index contributed by atoms with van der Waals surface area (Å²) in [7, 11) is 0. The summed E-state index contributed by atoms with van der Waals surface area (Å²) in [5.74, 6) is 1.02. The van der Waals surface area contributed by atoms with E-state index in [1.807, 2.05) is 6.07 Å². The molecule has 0 bridgehead atoms. The van der Waals surface area contributed by atoms with Gasteiger partial charge in [0.05, 0.1) is 0 Å². The summed E-state index contributed by atoms with van der Waals surface area (Å²) < 4.78 is 5.51. The molecule has 1 rings (SSSR count). The molecule has 2 nitrogen and oxygen atoms in total. The van der Waals surface area contributed by atoms with Gasteiger partial charge >= 0.3 is 0 Å². The molecule has 0 spiro atoms. The molecule has 0 radical (unpaired) electrons. The zero-order valence-corrected chi connectivity index (χ0v) is 12.2. The standard InChI is InChI=1S/C16H27NO/c1-5-8-9-10-12-16(4,11-6-2)15-13-14(7-3)17-18-15/h7,13H,3,5-6,8-12H2,1-2,4H3. The van der Waals surface area contributed by atoms with Crippen molar-refractivity contribution in [3.63, 3.8) is 0 Å². The monoisotopic (exact) mass is 249 g/mol. The smallest absolute Gasteiger partial charge is 0.143 e. The van der Waals surface area contributed by atoms with Crippen molar-refractivity contribution in [2.45, 2.75) is 71.1 Å². The lowest BCUT2D eigenvalue weighted by atomic mass is 9.78. The maximum Gasteiger partial charge on any atom is 0.143 e. The summed E-state index contributed by atoms with van der Waals surface area (Å²) in [4.78, 5) is 0. The quantitative estimate of drug-likeness (QED) is 0.552. The molecule has 0 saturated carbocycles. The maximum absolute atomic E-state index is 5.51. The molecule has 1 aromatic heterocycles. The summed E-state index contributed by atoms with van der Waals surface area (Å²) in [6.45, 7) is 10.5. The Morgan fingerprint density at radius 2 is 2.00 bits per heavy atom. The SMILES string of the molecule is C=Cc1cc(C(C)(CCC)CCCCCC)on1. The summed E-state index contributed by atoms with van der Waals surface area (Å²) >= 11 is 0. The van der Waals surface area contributed by atoms with E-state index in [4.69, 9.17) is 4.52 Å². The van der Waals surface area contributed by atoms with Gasteiger partial charge in [-0.2, -0.15) is 0 Å². The van der Waals surface area contributed by atoms with Crippen LogP contribution >= 0.6 is 0 Å². The fraction of sp³-hybridized carbons (Fsp3) is 0.688. The van der Waals surface area contributed by atoms with E-state index in [1.54, 1.807) is 6.08 Å². The third-order valence-corrected chi connectivity index (χ3v) is 3.72. The van der Waals surface area contributed by atoms with Crippen LogP contribution in [0.4, 0.5) is 0 Å². The minimum absolute atomic E-state index is 0.136. The van der Waals surface area contributed by atoms with Gasteiger partial charge in [-0.1, -0.05) is 64.6 Å². The zero-order chi connectivity index (χ0) is 13.4. The molecule has 2 heteroatoms. The van der Waals surface area contributed by atoms with Crippen LogP contribution in [0, 0.1) is 0 Å². The zero-order valence-electron chi connectivity index (χ0n) is 12.2. The number of unbranched alkanes of at least 4 members (excludes halogenated alkanes) is 3. The van der Waals surface area contributed by atoms with Gasteiger partial charge in [0.1, 0.15) is 11.5 Å². The normalized spacial score (nSPS) is 14.4. The van der Waals surface area contributed by atoms with Gasteiger partial charge < -0.3 is 4.52 Å². The molecular weight excluding hydrogens is 222 g/mol. The molecule has 0 aliphatic rings. The second-order valence-corrected chi connectivity index (χ2v) is 5.44. The number of hydrogen-bond donors (Lipinski definition) is 0. The van der Waals surface area contributed by atoms with E-state index >= 15 is 0 Å². The van der Waals surface area contributed by atoms with E-state index in [0.717, 1.165) is 17.9 Å². The highest BCUT2D eigenvalue weighted by Gasteiger charge is 2.29. The predicted octanol–water partition coefficient (Wildman–Crippen LogP) is 5.35. The Balaban J connectivity index is 2.68. The van der Waals surface area contributed by atoms with Crippen LogP contribution < -0.4 is 0 Å². The molecule has 102 valence electrons. The number of hydrogen-bond acceptors (Lipinski definition) is 2. The molecule has 0 saturated heterocycles. The first-order chi connectivity index (χ1) is 8.66. The molecule has 18 heavy (non-hydrogen) atoms. The van der Waals surface area contributed by atoms with Crippen molar-refractivity contribution in [2.24, 2.45) is 0 Å². The van der Waals surface area contributed by atoms with Crippen LogP contribution in [0.3, 0.4) is 0 Å². The van der Waals surface area contributed by atoms with E-state index in [1.165, 1.54) is 38.5 Å². The van der Waals surface area contributed by atoms with Gasteiger partial charge in [0.15, 0.2) is 0 Å². The summed E-state index contributed by atoms with van der Waals surface area (Å²) in [6.07, 6.45) is 10.5. The summed E-state index contributed by atoms with van der Waals surface area (Å²) in [5, 5.41) is 4.03. The first-order valence-electron chi connectivity index (χ1n) is 7.26. The summed E-state index contributed by atoms with van der Waals surface area (Å²) in [5.41, 5.74) is 0.984. The third-order valence-electron chi connectivity index (χ3n) is 3.72. The average molecular weight is 249 g/mol. The molecular formula is C16H27NO. The Morgan fingerprint density at radius 3 is 2.56 bits per heavy atom. The van der Waals surface area contributed by atoms with Crippen molar-refractivity contribution < 1.29 is 4.52 Å². The van der Waals surface area contributed by atoms with Crippen molar-refractivity contribution in [1.82, 2.24) is 5.16 Å². The molecule has 1 aromatic rings. The predicted molar refractivity (Wildman–Crippen MR) is 77.6 cm³/mol. The largest absolute Gasteiger partial charge is 0.360 e. The number of rotatable bonds is 9. The van der Waals surface area contributed by atoms with Gasteiger partial charge in [-0.25, -0.2) is 0 Å². The molecule has 0 amide bonds. The average Bonchev–Trinajstić information content (AvgIpc) is 2.84. The van der Waals surface area contributed by atoms with Crippen molar-refractivity contribution >= 4 is 6.08 Å². The van der Waals surface area contributed by atoms with Gasteiger partial charge in [-0.15, -0.1) is 0 Å². The molecule has 0 aliphatic carbocycles. The van der Waals surface area contributed by atoms with Crippen molar-refractivity contribution in [3.8, 4) is 0 Å². The summed E-state index contributed by atoms with van der Waals surface area (Å²) in [6, 6.07) is 2.04. The van der Waals surface area contributed by atoms with Gasteiger partial charge in [0.2, 0.25) is 0 Å². The molecule has 1 atom stereocenters. The fourth-order valence-electron chi connectivity index (χ4n) is 2.53. The highest BCUT2D eigenvalue weighted by Crippen LogP contribution is 2.35. The second kappa shape index (κ2) is 7.40. The van der Waals surface area contributed by atoms with Crippen LogP contribution in [0.5, 0.6) is 0 Å². The molecule has 1 unspecified atom stereocenters. The number of nitrogens with zero attached hydrogens (tertiary/aromatic N) is 1. The van der Waals surface area contributed by atoms with E-state index < -0.39 is 0 Å². The Morgan fingerprint density at radius 1 is 1.22 bits per heavy atom. The van der Waals surface area contributed by atoms with Crippen molar-refractivity contribution in [1.29, 1.82) is 0 Å². The minimum Gasteiger partial charge on any atom is -0.360 e. The van der Waals surface area contributed by atoms with Crippen molar-refractivity contribution in [2.75, 3.05) is 0 Å². The van der Waals surface area contributed by atoms with E-state index in [-0.39, 0.29) is 5.41 Å². The van der Waals surface area contributed by atoms with Gasteiger partial charge in [-0.05, 0) is 18.9 Å². The van der Waals surface area contributed by atoms with E-state index in [9.17, 15) is 0 Å². The maximum atomic E-state index is 5.51. The first-order valence-corrected chi connectivity index (χ1v) is 7.26. The second-order valence-electron chi connectivity index (χ2n) is 5.44. The molecule has 0 fully saturated rings. The lowest BCUT2D eigenvalue weighted by molar-refractivity contribution is 0.267. The topological polar surface area (TPSA) is 26.0 Å². The van der Waals surface area contributed by atoms with Crippen LogP contribution in [0.1, 0.15) is 77.2 Å². The highest BCUT2D eigenvalue weighted by molar-refractivity contribution is 5.41. The minimum atomic E-state index is 0.136. The van der Waals surface area contributed by atoms with Crippen LogP contribution in [0.15, 0.2) is 17.2 Å². The highest BCUT2D eigenvalue weighted by atomic mass is 16.5. The van der Waals surface area contributed by atoms with E-state index in [2.05, 4.69) is 32.5 Å². The fourth-order valence-corrected chi connectivity index (χ4v) is 2.53. The molecule has 1 heterocycles. The van der Waals surface area contributed by atoms with E-state index in [0.29, 0.717) is 0 Å². The molecule has 0 N–H and O–H groups in total. The van der Waals surface area contributed by atoms with Crippen molar-refractivity contribution in [3.05, 3.63) is 24.1 Å².